The summed E-state index contributed by atoms with van der Waals surface area (Å²) >= 11 is 0. The van der Waals surface area contributed by atoms with E-state index in [4.69, 9.17) is 0 Å². The van der Waals surface area contributed by atoms with Gasteiger partial charge in [0, 0.05) is 43.1 Å². The lowest BCUT2D eigenvalue weighted by Crippen LogP contribution is -2.52. The molecule has 1 N–H and O–H groups in total. The van der Waals surface area contributed by atoms with Gasteiger partial charge >= 0.3 is 0 Å². The topological polar surface area (TPSA) is 18.5 Å². The van der Waals surface area contributed by atoms with Crippen molar-refractivity contribution in [2.45, 2.75) is 46.2 Å². The van der Waals surface area contributed by atoms with E-state index < -0.39 is 0 Å². The first-order valence-corrected chi connectivity index (χ1v) is 8.41. The summed E-state index contributed by atoms with van der Waals surface area (Å²) in [6.45, 7) is 12.4. The molecule has 1 aliphatic heterocycles. The molecule has 1 aromatic rings. The zero-order chi connectivity index (χ0) is 15.4. The monoisotopic (exact) mass is 289 g/mol. The van der Waals surface area contributed by atoms with Crippen LogP contribution in [0.15, 0.2) is 24.3 Å². The van der Waals surface area contributed by atoms with Crippen LogP contribution in [0.2, 0.25) is 0 Å². The van der Waals surface area contributed by atoms with Crippen LogP contribution in [0.1, 0.15) is 34.1 Å². The van der Waals surface area contributed by atoms with Gasteiger partial charge in [0.25, 0.3) is 0 Å². The third-order valence-corrected chi connectivity index (χ3v) is 5.25. The zero-order valence-corrected chi connectivity index (χ0v) is 14.3. The molecule has 2 rings (SSSR count). The molecule has 0 bridgehead atoms. The standard InChI is InChI=1S/C18H31N3/c1-6-20(7-2)16-8-10-17(11-9-16)21-13-12-18(19-5)14(3)15(21)4/h8-11,14-15,18-19H,6-7,12-13H2,1-5H3. The lowest BCUT2D eigenvalue weighted by Gasteiger charge is -2.44. The predicted octanol–water partition coefficient (Wildman–Crippen LogP) is 3.36. The molecule has 3 heteroatoms. The van der Waals surface area contributed by atoms with Gasteiger partial charge in [0.05, 0.1) is 0 Å². The lowest BCUT2D eigenvalue weighted by atomic mass is 9.87. The first-order chi connectivity index (χ1) is 10.1. The maximum absolute atomic E-state index is 3.46. The molecule has 0 spiro atoms. The number of hydrogen-bond acceptors (Lipinski definition) is 3. The molecule has 21 heavy (non-hydrogen) atoms. The smallest absolute Gasteiger partial charge is 0.0370 e. The summed E-state index contributed by atoms with van der Waals surface area (Å²) in [5.74, 6) is 0.672. The highest BCUT2D eigenvalue weighted by molar-refractivity contribution is 5.57. The van der Waals surface area contributed by atoms with Crippen LogP contribution < -0.4 is 15.1 Å². The maximum Gasteiger partial charge on any atom is 0.0370 e. The molecule has 3 nitrogen and oxygen atoms in total. The highest BCUT2D eigenvalue weighted by Crippen LogP contribution is 2.30. The second-order valence-corrected chi connectivity index (χ2v) is 6.17. The number of nitrogens with one attached hydrogen (secondary N) is 1. The Kier molecular flexibility index (Phi) is 5.51. The van der Waals surface area contributed by atoms with Crippen LogP contribution in [0.3, 0.4) is 0 Å². The van der Waals surface area contributed by atoms with Gasteiger partial charge < -0.3 is 15.1 Å². The van der Waals surface area contributed by atoms with Gasteiger partial charge in [-0.1, -0.05) is 6.92 Å². The van der Waals surface area contributed by atoms with E-state index in [0.29, 0.717) is 18.0 Å². The Balaban J connectivity index is 2.12. The van der Waals surface area contributed by atoms with Crippen molar-refractivity contribution in [3.05, 3.63) is 24.3 Å². The van der Waals surface area contributed by atoms with Crippen LogP contribution in [0, 0.1) is 5.92 Å². The van der Waals surface area contributed by atoms with Gasteiger partial charge in [-0.25, -0.2) is 0 Å². The molecule has 0 aromatic heterocycles. The van der Waals surface area contributed by atoms with Crippen molar-refractivity contribution in [2.75, 3.05) is 36.5 Å². The molecule has 0 amide bonds. The second kappa shape index (κ2) is 7.17. The van der Waals surface area contributed by atoms with Gasteiger partial charge in [-0.3, -0.25) is 0 Å². The van der Waals surface area contributed by atoms with Crippen molar-refractivity contribution in [3.8, 4) is 0 Å². The van der Waals surface area contributed by atoms with Crippen LogP contribution in [0.25, 0.3) is 0 Å². The van der Waals surface area contributed by atoms with E-state index in [2.05, 4.69) is 74.1 Å². The fourth-order valence-corrected chi connectivity index (χ4v) is 3.58. The fraction of sp³-hybridized carbons (Fsp3) is 0.667. The average Bonchev–Trinajstić information content (AvgIpc) is 2.52. The third kappa shape index (κ3) is 3.34. The zero-order valence-electron chi connectivity index (χ0n) is 14.3. The van der Waals surface area contributed by atoms with E-state index in [0.717, 1.165) is 19.6 Å². The van der Waals surface area contributed by atoms with Crippen LogP contribution in [0.5, 0.6) is 0 Å². The van der Waals surface area contributed by atoms with Crippen molar-refractivity contribution in [1.29, 1.82) is 0 Å². The molecule has 1 heterocycles. The minimum atomic E-state index is 0.579. The molecule has 0 radical (unpaired) electrons. The Morgan fingerprint density at radius 2 is 1.76 bits per heavy atom. The molecule has 1 saturated heterocycles. The number of anilines is 2. The molecule has 118 valence electrons. The summed E-state index contributed by atoms with van der Waals surface area (Å²) in [6, 6.07) is 10.3. The van der Waals surface area contributed by atoms with Gasteiger partial charge in [0.15, 0.2) is 0 Å². The number of nitrogens with zero attached hydrogens (tertiary/aromatic N) is 2. The maximum atomic E-state index is 3.46. The normalized spacial score (nSPS) is 26.0. The lowest BCUT2D eigenvalue weighted by molar-refractivity contribution is 0.283. The SMILES string of the molecule is CCN(CC)c1ccc(N2CCC(NC)C(C)C2C)cc1. The first-order valence-electron chi connectivity index (χ1n) is 8.41. The summed E-state index contributed by atoms with van der Waals surface area (Å²) in [6.07, 6.45) is 1.22. The van der Waals surface area contributed by atoms with E-state index >= 15 is 0 Å². The van der Waals surface area contributed by atoms with Crippen LogP contribution in [-0.4, -0.2) is 38.8 Å². The second-order valence-electron chi connectivity index (χ2n) is 6.17. The quantitative estimate of drug-likeness (QED) is 0.897. The minimum absolute atomic E-state index is 0.579. The Bertz CT molecular complexity index is 425. The van der Waals surface area contributed by atoms with Gasteiger partial charge in [0.1, 0.15) is 0 Å². The molecular formula is C18H31N3. The van der Waals surface area contributed by atoms with Crippen molar-refractivity contribution in [2.24, 2.45) is 5.92 Å². The Morgan fingerprint density at radius 3 is 2.29 bits per heavy atom. The third-order valence-electron chi connectivity index (χ3n) is 5.25. The van der Waals surface area contributed by atoms with E-state index in [9.17, 15) is 0 Å². The van der Waals surface area contributed by atoms with Gasteiger partial charge in [-0.2, -0.15) is 0 Å². The molecular weight excluding hydrogens is 258 g/mol. The Hall–Kier alpha value is -1.22. The average molecular weight is 289 g/mol. The van der Waals surface area contributed by atoms with Gasteiger partial charge in [-0.05, 0) is 64.4 Å². The number of hydrogen-bond donors (Lipinski definition) is 1. The fourth-order valence-electron chi connectivity index (χ4n) is 3.58. The number of rotatable bonds is 5. The highest BCUT2D eigenvalue weighted by Gasteiger charge is 2.31. The number of benzene rings is 1. The molecule has 1 aromatic carbocycles. The largest absolute Gasteiger partial charge is 0.372 e. The summed E-state index contributed by atoms with van der Waals surface area (Å²) in [4.78, 5) is 4.95. The summed E-state index contributed by atoms with van der Waals surface area (Å²) in [5.41, 5.74) is 2.69. The van der Waals surface area contributed by atoms with Crippen molar-refractivity contribution in [1.82, 2.24) is 5.32 Å². The van der Waals surface area contributed by atoms with Crippen LogP contribution in [-0.2, 0) is 0 Å². The van der Waals surface area contributed by atoms with Crippen molar-refractivity contribution >= 4 is 11.4 Å². The van der Waals surface area contributed by atoms with E-state index in [-0.39, 0.29) is 0 Å². The van der Waals surface area contributed by atoms with E-state index in [1.54, 1.807) is 0 Å². The predicted molar refractivity (Wildman–Crippen MR) is 93.4 cm³/mol. The summed E-state index contributed by atoms with van der Waals surface area (Å²) in [7, 11) is 2.09. The van der Waals surface area contributed by atoms with E-state index in [1.165, 1.54) is 17.8 Å². The van der Waals surface area contributed by atoms with Crippen molar-refractivity contribution in [3.63, 3.8) is 0 Å². The van der Waals surface area contributed by atoms with Crippen LogP contribution >= 0.6 is 0 Å². The molecule has 3 unspecified atom stereocenters. The Morgan fingerprint density at radius 1 is 1.14 bits per heavy atom. The minimum Gasteiger partial charge on any atom is -0.372 e. The molecule has 0 saturated carbocycles. The first kappa shape index (κ1) is 16.2. The van der Waals surface area contributed by atoms with E-state index in [1.807, 2.05) is 0 Å². The van der Waals surface area contributed by atoms with Crippen LogP contribution in [0.4, 0.5) is 11.4 Å². The van der Waals surface area contributed by atoms with Gasteiger partial charge in [-0.15, -0.1) is 0 Å². The molecule has 0 aliphatic carbocycles. The molecule has 1 aliphatic rings. The van der Waals surface area contributed by atoms with Crippen molar-refractivity contribution < 1.29 is 0 Å². The Labute approximate surface area is 130 Å². The molecule has 3 atom stereocenters. The molecule has 1 fully saturated rings. The van der Waals surface area contributed by atoms with Gasteiger partial charge in [0.2, 0.25) is 0 Å². The summed E-state index contributed by atoms with van der Waals surface area (Å²) in [5, 5.41) is 3.46. The highest BCUT2D eigenvalue weighted by atomic mass is 15.2. The number of piperidine rings is 1. The summed E-state index contributed by atoms with van der Waals surface area (Å²) < 4.78 is 0.